The van der Waals surface area contributed by atoms with Gasteiger partial charge in [-0.25, -0.2) is 8.42 Å². The van der Waals surface area contributed by atoms with E-state index in [1.54, 1.807) is 31.3 Å². The van der Waals surface area contributed by atoms with E-state index < -0.39 is 10.0 Å². The Labute approximate surface area is 95.1 Å². The maximum absolute atomic E-state index is 11.3. The first-order valence-corrected chi connectivity index (χ1v) is 6.47. The van der Waals surface area contributed by atoms with Gasteiger partial charge in [-0.05, 0) is 24.3 Å². The summed E-state index contributed by atoms with van der Waals surface area (Å²) in [6.07, 6.45) is 1.12. The first-order chi connectivity index (χ1) is 7.36. The third-order valence-electron chi connectivity index (χ3n) is 2.22. The number of carbonyl (C=O) groups excluding carboxylic acids is 1. The van der Waals surface area contributed by atoms with Crippen molar-refractivity contribution >= 4 is 21.6 Å². The highest BCUT2D eigenvalue weighted by Gasteiger charge is 2.12. The summed E-state index contributed by atoms with van der Waals surface area (Å²) in [5, 5.41) is 2.49. The van der Waals surface area contributed by atoms with Crippen molar-refractivity contribution in [2.45, 2.75) is 0 Å². The lowest BCUT2D eigenvalue weighted by atomic mass is 10.2. The van der Waals surface area contributed by atoms with Gasteiger partial charge in [0.25, 0.3) is 5.91 Å². The molecule has 0 saturated heterocycles. The molecule has 1 aromatic rings. The maximum atomic E-state index is 11.3. The van der Waals surface area contributed by atoms with Gasteiger partial charge in [0.05, 0.1) is 11.9 Å². The summed E-state index contributed by atoms with van der Waals surface area (Å²) in [5.41, 5.74) is 1.02. The molecule has 1 aromatic carbocycles. The zero-order valence-electron chi connectivity index (χ0n) is 9.39. The first kappa shape index (κ1) is 12.5. The molecule has 0 aliphatic carbocycles. The van der Waals surface area contributed by atoms with E-state index in [0.29, 0.717) is 11.3 Å². The minimum atomic E-state index is -3.26. The molecule has 0 saturated carbocycles. The Bertz CT molecular complexity index is 479. The number of hydrogen-bond donors (Lipinski definition) is 1. The number of nitrogens with one attached hydrogen (secondary N) is 1. The maximum Gasteiger partial charge on any atom is 0.251 e. The molecule has 0 fully saturated rings. The fourth-order valence-corrected chi connectivity index (χ4v) is 1.66. The second-order valence-electron chi connectivity index (χ2n) is 3.36. The van der Waals surface area contributed by atoms with Crippen molar-refractivity contribution in [2.24, 2.45) is 0 Å². The van der Waals surface area contributed by atoms with Crippen LogP contribution in [0, 0.1) is 0 Å². The van der Waals surface area contributed by atoms with E-state index in [4.69, 9.17) is 0 Å². The van der Waals surface area contributed by atoms with Gasteiger partial charge in [0, 0.05) is 19.7 Å². The smallest absolute Gasteiger partial charge is 0.251 e. The van der Waals surface area contributed by atoms with Gasteiger partial charge in [-0.2, -0.15) is 0 Å². The van der Waals surface area contributed by atoms with Crippen LogP contribution >= 0.6 is 0 Å². The largest absolute Gasteiger partial charge is 0.355 e. The molecule has 0 aromatic heterocycles. The molecule has 0 heterocycles. The zero-order valence-corrected chi connectivity index (χ0v) is 10.2. The molecule has 0 aliphatic heterocycles. The quantitative estimate of drug-likeness (QED) is 0.836. The second kappa shape index (κ2) is 4.52. The average molecular weight is 242 g/mol. The molecule has 0 spiro atoms. The van der Waals surface area contributed by atoms with Crippen LogP contribution in [0.25, 0.3) is 0 Å². The molecule has 0 aliphatic rings. The van der Waals surface area contributed by atoms with E-state index in [0.717, 1.165) is 10.6 Å². The summed E-state index contributed by atoms with van der Waals surface area (Å²) in [4.78, 5) is 11.2. The Morgan fingerprint density at radius 3 is 2.12 bits per heavy atom. The van der Waals surface area contributed by atoms with Crippen LogP contribution in [0.2, 0.25) is 0 Å². The molecule has 88 valence electrons. The van der Waals surface area contributed by atoms with Crippen molar-refractivity contribution in [3.63, 3.8) is 0 Å². The van der Waals surface area contributed by atoms with Crippen LogP contribution in [0.5, 0.6) is 0 Å². The Kier molecular flexibility index (Phi) is 3.54. The fourth-order valence-electron chi connectivity index (χ4n) is 1.16. The van der Waals surface area contributed by atoms with E-state index >= 15 is 0 Å². The number of hydrogen-bond acceptors (Lipinski definition) is 3. The lowest BCUT2D eigenvalue weighted by molar-refractivity contribution is 0.0963. The summed E-state index contributed by atoms with van der Waals surface area (Å²) in [6.45, 7) is 0. The van der Waals surface area contributed by atoms with Crippen LogP contribution in [0.4, 0.5) is 5.69 Å². The normalized spacial score (nSPS) is 10.9. The predicted molar refractivity (Wildman–Crippen MR) is 63.1 cm³/mol. The summed E-state index contributed by atoms with van der Waals surface area (Å²) in [5.74, 6) is -0.200. The summed E-state index contributed by atoms with van der Waals surface area (Å²) in [7, 11) is -0.259. The van der Waals surface area contributed by atoms with Gasteiger partial charge in [-0.15, -0.1) is 0 Å². The lowest BCUT2D eigenvalue weighted by Gasteiger charge is -2.16. The number of nitrogens with zero attached hydrogens (tertiary/aromatic N) is 1. The molecule has 16 heavy (non-hydrogen) atoms. The number of rotatable bonds is 3. The van der Waals surface area contributed by atoms with Gasteiger partial charge in [0.15, 0.2) is 0 Å². The van der Waals surface area contributed by atoms with Gasteiger partial charge in [0.1, 0.15) is 0 Å². The van der Waals surface area contributed by atoms with E-state index in [1.807, 2.05) is 0 Å². The summed E-state index contributed by atoms with van der Waals surface area (Å²) in [6, 6.07) is 6.34. The summed E-state index contributed by atoms with van der Waals surface area (Å²) < 4.78 is 23.7. The third-order valence-corrected chi connectivity index (χ3v) is 3.42. The topological polar surface area (TPSA) is 66.5 Å². The number of sulfonamides is 1. The molecule has 0 radical (unpaired) electrons. The fraction of sp³-hybridized carbons (Fsp3) is 0.300. The standard InChI is InChI=1S/C10H14N2O3S/c1-11-10(13)8-4-6-9(7-5-8)12(2)16(3,14)15/h4-7H,1-3H3,(H,11,13). The average Bonchev–Trinajstić information content (AvgIpc) is 2.26. The number of amides is 1. The molecule has 0 atom stereocenters. The van der Waals surface area contributed by atoms with Crippen LogP contribution in [0.15, 0.2) is 24.3 Å². The van der Waals surface area contributed by atoms with Gasteiger partial charge in [-0.3, -0.25) is 9.10 Å². The van der Waals surface area contributed by atoms with Crippen molar-refractivity contribution in [1.29, 1.82) is 0 Å². The Morgan fingerprint density at radius 1 is 1.25 bits per heavy atom. The van der Waals surface area contributed by atoms with Crippen molar-refractivity contribution in [2.75, 3.05) is 24.7 Å². The molecule has 5 nitrogen and oxygen atoms in total. The minimum Gasteiger partial charge on any atom is -0.355 e. The molecule has 0 bridgehead atoms. The van der Waals surface area contributed by atoms with Crippen LogP contribution in [0.3, 0.4) is 0 Å². The van der Waals surface area contributed by atoms with Gasteiger partial charge in [-0.1, -0.05) is 0 Å². The number of benzene rings is 1. The molecule has 1 amide bonds. The number of anilines is 1. The van der Waals surface area contributed by atoms with Crippen molar-refractivity contribution < 1.29 is 13.2 Å². The molecular formula is C10H14N2O3S. The molecular weight excluding hydrogens is 228 g/mol. The molecule has 1 rings (SSSR count). The highest BCUT2D eigenvalue weighted by atomic mass is 32.2. The molecule has 0 unspecified atom stereocenters. The van der Waals surface area contributed by atoms with Gasteiger partial charge in [0.2, 0.25) is 10.0 Å². The molecule has 6 heteroatoms. The van der Waals surface area contributed by atoms with Crippen molar-refractivity contribution in [1.82, 2.24) is 5.32 Å². The van der Waals surface area contributed by atoms with E-state index in [9.17, 15) is 13.2 Å². The van der Waals surface area contributed by atoms with E-state index in [-0.39, 0.29) is 5.91 Å². The monoisotopic (exact) mass is 242 g/mol. The highest BCUT2D eigenvalue weighted by molar-refractivity contribution is 7.92. The van der Waals surface area contributed by atoms with E-state index in [1.165, 1.54) is 7.05 Å². The SMILES string of the molecule is CNC(=O)c1ccc(N(C)S(C)(=O)=O)cc1. The summed E-state index contributed by atoms with van der Waals surface area (Å²) >= 11 is 0. The third kappa shape index (κ3) is 2.73. The van der Waals surface area contributed by atoms with Crippen LogP contribution in [0.1, 0.15) is 10.4 Å². The van der Waals surface area contributed by atoms with Crippen molar-refractivity contribution in [3.05, 3.63) is 29.8 Å². The van der Waals surface area contributed by atoms with Crippen molar-refractivity contribution in [3.8, 4) is 0 Å². The predicted octanol–water partition coefficient (Wildman–Crippen LogP) is 0.442. The number of carbonyl (C=O) groups is 1. The van der Waals surface area contributed by atoms with Gasteiger partial charge >= 0.3 is 0 Å². The highest BCUT2D eigenvalue weighted by Crippen LogP contribution is 2.16. The Hall–Kier alpha value is -1.56. The van der Waals surface area contributed by atoms with Crippen LogP contribution < -0.4 is 9.62 Å². The second-order valence-corrected chi connectivity index (χ2v) is 5.37. The molecule has 1 N–H and O–H groups in total. The van der Waals surface area contributed by atoms with Crippen LogP contribution in [-0.2, 0) is 10.0 Å². The zero-order chi connectivity index (χ0) is 12.3. The first-order valence-electron chi connectivity index (χ1n) is 4.62. The van der Waals surface area contributed by atoms with E-state index in [2.05, 4.69) is 5.32 Å². The Balaban J connectivity index is 3.00. The van der Waals surface area contributed by atoms with Crippen LogP contribution in [-0.4, -0.2) is 34.7 Å². The van der Waals surface area contributed by atoms with Gasteiger partial charge < -0.3 is 5.32 Å². The Morgan fingerprint density at radius 2 is 1.75 bits per heavy atom. The minimum absolute atomic E-state index is 0.200. The lowest BCUT2D eigenvalue weighted by Crippen LogP contribution is -2.25.